The van der Waals surface area contributed by atoms with E-state index >= 15 is 0 Å². The molecule has 3 heterocycles. The summed E-state index contributed by atoms with van der Waals surface area (Å²) < 4.78 is 34.5. The summed E-state index contributed by atoms with van der Waals surface area (Å²) in [7, 11) is 0. The molecule has 3 rings (SSSR count). The van der Waals surface area contributed by atoms with Crippen molar-refractivity contribution in [3.63, 3.8) is 0 Å². The van der Waals surface area contributed by atoms with Crippen molar-refractivity contribution in [1.29, 1.82) is 0 Å². The quantitative estimate of drug-likeness (QED) is 0.790. The normalized spacial score (nSPS) is 22.0. The SMILES string of the molecule is CC(C)CNC(=O)N1CC(F)(F)CC1Cn1cc(C(=O)N2CCOCC2)nn1. The highest BCUT2D eigenvalue weighted by Crippen LogP contribution is 2.32. The van der Waals surface area contributed by atoms with Crippen LogP contribution >= 0.6 is 0 Å². The van der Waals surface area contributed by atoms with Crippen LogP contribution in [0.2, 0.25) is 0 Å². The summed E-state index contributed by atoms with van der Waals surface area (Å²) in [6.07, 6.45) is 0.993. The van der Waals surface area contributed by atoms with Gasteiger partial charge in [-0.1, -0.05) is 19.1 Å². The second-order valence-electron chi connectivity index (χ2n) is 7.65. The molecule has 11 heteroatoms. The van der Waals surface area contributed by atoms with E-state index in [2.05, 4.69) is 15.6 Å². The van der Waals surface area contributed by atoms with Gasteiger partial charge in [0.25, 0.3) is 11.8 Å². The van der Waals surface area contributed by atoms with Gasteiger partial charge in [-0.2, -0.15) is 0 Å². The fraction of sp³-hybridized carbons (Fsp3) is 0.765. The molecule has 2 fully saturated rings. The Morgan fingerprint density at radius 2 is 2.07 bits per heavy atom. The standard InChI is InChI=1S/C17H26F2N6O3/c1-12(2)8-20-16(27)25-11-17(18,19)7-13(25)9-24-10-14(21-22-24)15(26)23-3-5-28-6-4-23/h10,12-13H,3-9,11H2,1-2H3,(H,20,27). The lowest BCUT2D eigenvalue weighted by Gasteiger charge is -2.25. The smallest absolute Gasteiger partial charge is 0.317 e. The van der Waals surface area contributed by atoms with Crippen molar-refractivity contribution >= 4 is 11.9 Å². The maximum absolute atomic E-state index is 13.9. The van der Waals surface area contributed by atoms with Gasteiger partial charge in [-0.25, -0.2) is 18.3 Å². The Bertz CT molecular complexity index is 705. The molecule has 9 nitrogen and oxygen atoms in total. The van der Waals surface area contributed by atoms with E-state index in [0.717, 1.165) is 4.90 Å². The monoisotopic (exact) mass is 400 g/mol. The molecular formula is C17H26F2N6O3. The summed E-state index contributed by atoms with van der Waals surface area (Å²) >= 11 is 0. The number of rotatable bonds is 5. The molecule has 0 saturated carbocycles. The minimum atomic E-state index is -2.95. The van der Waals surface area contributed by atoms with Gasteiger partial charge in [0.1, 0.15) is 0 Å². The number of hydrogen-bond acceptors (Lipinski definition) is 5. The first-order valence-electron chi connectivity index (χ1n) is 9.44. The number of hydrogen-bond donors (Lipinski definition) is 1. The molecule has 156 valence electrons. The molecule has 0 bridgehead atoms. The number of aromatic nitrogens is 3. The van der Waals surface area contributed by atoms with E-state index in [1.807, 2.05) is 13.8 Å². The molecule has 1 aromatic heterocycles. The topological polar surface area (TPSA) is 92.6 Å². The predicted octanol–water partition coefficient (Wildman–Crippen LogP) is 0.826. The second kappa shape index (κ2) is 8.38. The zero-order valence-corrected chi connectivity index (χ0v) is 16.1. The van der Waals surface area contributed by atoms with Crippen LogP contribution in [0.25, 0.3) is 0 Å². The molecule has 0 aromatic carbocycles. The lowest BCUT2D eigenvalue weighted by molar-refractivity contribution is 0.0145. The summed E-state index contributed by atoms with van der Waals surface area (Å²) in [4.78, 5) is 27.5. The van der Waals surface area contributed by atoms with E-state index in [-0.39, 0.29) is 24.1 Å². The van der Waals surface area contributed by atoms with Crippen molar-refractivity contribution in [3.05, 3.63) is 11.9 Å². The number of alkyl halides is 2. The van der Waals surface area contributed by atoms with Crippen molar-refractivity contribution in [2.24, 2.45) is 5.92 Å². The van der Waals surface area contributed by atoms with Crippen LogP contribution < -0.4 is 5.32 Å². The lowest BCUT2D eigenvalue weighted by Crippen LogP contribution is -2.45. The van der Waals surface area contributed by atoms with Crippen LogP contribution in [0, 0.1) is 5.92 Å². The van der Waals surface area contributed by atoms with Gasteiger partial charge in [0, 0.05) is 26.1 Å². The molecule has 1 unspecified atom stereocenters. The van der Waals surface area contributed by atoms with E-state index in [1.165, 1.54) is 10.9 Å². The average molecular weight is 400 g/mol. The van der Waals surface area contributed by atoms with Gasteiger partial charge < -0.3 is 19.9 Å². The summed E-state index contributed by atoms with van der Waals surface area (Å²) in [6.45, 7) is 5.58. The van der Waals surface area contributed by atoms with Crippen molar-refractivity contribution in [3.8, 4) is 0 Å². The number of nitrogens with zero attached hydrogens (tertiary/aromatic N) is 5. The fourth-order valence-electron chi connectivity index (χ4n) is 3.32. The van der Waals surface area contributed by atoms with Gasteiger partial charge in [-0.05, 0) is 5.92 Å². The summed E-state index contributed by atoms with van der Waals surface area (Å²) in [5.74, 6) is -3.00. The molecule has 1 atom stereocenters. The minimum absolute atomic E-state index is 0.0497. The Hall–Kier alpha value is -2.30. The van der Waals surface area contributed by atoms with Gasteiger partial charge in [-0.15, -0.1) is 5.10 Å². The molecule has 0 radical (unpaired) electrons. The van der Waals surface area contributed by atoms with Gasteiger partial charge in [0.15, 0.2) is 5.69 Å². The third kappa shape index (κ3) is 4.94. The fourth-order valence-corrected chi connectivity index (χ4v) is 3.32. The number of ether oxygens (including phenoxy) is 1. The van der Waals surface area contributed by atoms with Crippen LogP contribution in [-0.4, -0.2) is 88.1 Å². The Kier molecular flexibility index (Phi) is 6.11. The van der Waals surface area contributed by atoms with Crippen LogP contribution in [0.1, 0.15) is 30.8 Å². The van der Waals surface area contributed by atoms with Crippen LogP contribution in [0.15, 0.2) is 6.20 Å². The van der Waals surface area contributed by atoms with Crippen LogP contribution in [0.5, 0.6) is 0 Å². The summed E-state index contributed by atoms with van der Waals surface area (Å²) in [6, 6.07) is -1.24. The van der Waals surface area contributed by atoms with Crippen LogP contribution in [0.4, 0.5) is 13.6 Å². The molecule has 3 amide bonds. The number of carbonyl (C=O) groups excluding carboxylic acids is 2. The third-order valence-corrected chi connectivity index (χ3v) is 4.75. The number of morpholine rings is 1. The number of halogens is 2. The van der Waals surface area contributed by atoms with Crippen molar-refractivity contribution < 1.29 is 23.1 Å². The first-order chi connectivity index (χ1) is 13.2. The molecule has 2 saturated heterocycles. The van der Waals surface area contributed by atoms with E-state index in [9.17, 15) is 18.4 Å². The molecule has 28 heavy (non-hydrogen) atoms. The Morgan fingerprint density at radius 3 is 2.75 bits per heavy atom. The minimum Gasteiger partial charge on any atom is -0.378 e. The van der Waals surface area contributed by atoms with E-state index in [1.54, 1.807) is 4.90 Å². The maximum Gasteiger partial charge on any atom is 0.317 e. The summed E-state index contributed by atoms with van der Waals surface area (Å²) in [5.41, 5.74) is 0.155. The lowest BCUT2D eigenvalue weighted by atomic mass is 10.2. The van der Waals surface area contributed by atoms with E-state index in [0.29, 0.717) is 32.8 Å². The molecule has 0 aliphatic carbocycles. The molecule has 1 aromatic rings. The molecule has 2 aliphatic heterocycles. The van der Waals surface area contributed by atoms with E-state index in [4.69, 9.17) is 4.74 Å². The highest BCUT2D eigenvalue weighted by molar-refractivity contribution is 5.92. The van der Waals surface area contributed by atoms with Gasteiger partial charge in [-0.3, -0.25) is 4.79 Å². The number of carbonyl (C=O) groups is 2. The maximum atomic E-state index is 13.9. The largest absolute Gasteiger partial charge is 0.378 e. The van der Waals surface area contributed by atoms with Crippen LogP contribution in [-0.2, 0) is 11.3 Å². The van der Waals surface area contributed by atoms with Gasteiger partial charge in [0.05, 0.1) is 38.5 Å². The highest BCUT2D eigenvalue weighted by atomic mass is 19.3. The average Bonchev–Trinajstić information content (AvgIpc) is 3.24. The first-order valence-corrected chi connectivity index (χ1v) is 9.44. The molecule has 1 N–H and O–H groups in total. The van der Waals surface area contributed by atoms with Crippen LogP contribution in [0.3, 0.4) is 0 Å². The number of nitrogens with one attached hydrogen (secondary N) is 1. The Morgan fingerprint density at radius 1 is 1.36 bits per heavy atom. The van der Waals surface area contributed by atoms with Crippen molar-refractivity contribution in [1.82, 2.24) is 30.1 Å². The van der Waals surface area contributed by atoms with E-state index < -0.39 is 31.0 Å². The zero-order chi connectivity index (χ0) is 20.3. The third-order valence-electron chi connectivity index (χ3n) is 4.75. The molecule has 2 aliphatic rings. The predicted molar refractivity (Wildman–Crippen MR) is 95.0 cm³/mol. The number of likely N-dealkylation sites (tertiary alicyclic amines) is 1. The zero-order valence-electron chi connectivity index (χ0n) is 16.1. The Labute approximate surface area is 162 Å². The van der Waals surface area contributed by atoms with Gasteiger partial charge in [0.2, 0.25) is 0 Å². The highest BCUT2D eigenvalue weighted by Gasteiger charge is 2.47. The number of urea groups is 1. The van der Waals surface area contributed by atoms with Crippen molar-refractivity contribution in [2.75, 3.05) is 39.4 Å². The number of amides is 3. The molecular weight excluding hydrogens is 374 g/mol. The van der Waals surface area contributed by atoms with Crippen molar-refractivity contribution in [2.45, 2.75) is 38.8 Å². The van der Waals surface area contributed by atoms with Gasteiger partial charge >= 0.3 is 6.03 Å². The Balaban J connectivity index is 1.64. The molecule has 0 spiro atoms. The summed E-state index contributed by atoms with van der Waals surface area (Å²) in [5, 5.41) is 10.4. The second-order valence-corrected chi connectivity index (χ2v) is 7.65. The first kappa shape index (κ1) is 20.4.